The summed E-state index contributed by atoms with van der Waals surface area (Å²) in [6.07, 6.45) is 0. The summed E-state index contributed by atoms with van der Waals surface area (Å²) in [5, 5.41) is 0. The molecule has 4 heteroatoms. The molecule has 0 aromatic heterocycles. The number of halogens is 1. The maximum absolute atomic E-state index is 13.4. The normalized spacial score (nSPS) is 10.1. The average molecular weight is 212 g/mol. The minimum absolute atomic E-state index is 0.0477. The minimum Gasteiger partial charge on any atom is -0.496 e. The van der Waals surface area contributed by atoms with E-state index in [0.29, 0.717) is 6.61 Å². The lowest BCUT2D eigenvalue weighted by Crippen LogP contribution is -2.12. The fraction of sp³-hybridized carbons (Fsp3) is 0.364. The largest absolute Gasteiger partial charge is 0.496 e. The Hall–Kier alpha value is -1.42. The Balaban J connectivity index is 2.95. The molecule has 0 heterocycles. The third-order valence-electron chi connectivity index (χ3n) is 1.91. The van der Waals surface area contributed by atoms with Crippen LogP contribution in [0.15, 0.2) is 18.2 Å². The highest BCUT2D eigenvalue weighted by atomic mass is 19.1. The molecule has 15 heavy (non-hydrogen) atoms. The van der Waals surface area contributed by atoms with Gasteiger partial charge in [-0.05, 0) is 19.1 Å². The van der Waals surface area contributed by atoms with Gasteiger partial charge in [-0.2, -0.15) is 0 Å². The third-order valence-corrected chi connectivity index (χ3v) is 1.91. The number of hydrogen-bond donors (Lipinski definition) is 0. The SMILES string of the molecule is CCOCC(=O)c1c(F)cccc1OC. The quantitative estimate of drug-likeness (QED) is 0.701. The standard InChI is InChI=1S/C11H13FO3/c1-3-15-7-9(13)11-8(12)5-4-6-10(11)14-2/h4-6H,3,7H2,1-2H3. The lowest BCUT2D eigenvalue weighted by molar-refractivity contribution is 0.0776. The van der Waals surface area contributed by atoms with E-state index in [4.69, 9.17) is 9.47 Å². The van der Waals surface area contributed by atoms with Crippen LogP contribution in [0.5, 0.6) is 5.75 Å². The van der Waals surface area contributed by atoms with Gasteiger partial charge in [0.15, 0.2) is 5.78 Å². The van der Waals surface area contributed by atoms with E-state index in [9.17, 15) is 9.18 Å². The molecule has 0 atom stereocenters. The van der Waals surface area contributed by atoms with Gasteiger partial charge < -0.3 is 9.47 Å². The molecule has 0 amide bonds. The summed E-state index contributed by atoms with van der Waals surface area (Å²) in [6.45, 7) is 2.06. The monoisotopic (exact) mass is 212 g/mol. The molecule has 0 aliphatic heterocycles. The van der Waals surface area contributed by atoms with Crippen molar-refractivity contribution in [3.63, 3.8) is 0 Å². The van der Waals surface area contributed by atoms with Crippen LogP contribution in [0.3, 0.4) is 0 Å². The molecule has 0 bridgehead atoms. The van der Waals surface area contributed by atoms with Crippen LogP contribution in [0.25, 0.3) is 0 Å². The zero-order valence-electron chi connectivity index (χ0n) is 8.75. The van der Waals surface area contributed by atoms with E-state index in [1.54, 1.807) is 13.0 Å². The first kappa shape index (κ1) is 11.7. The van der Waals surface area contributed by atoms with Crippen LogP contribution in [0.4, 0.5) is 4.39 Å². The smallest absolute Gasteiger partial charge is 0.195 e. The van der Waals surface area contributed by atoms with Crippen molar-refractivity contribution < 1.29 is 18.7 Å². The van der Waals surface area contributed by atoms with Gasteiger partial charge in [0.25, 0.3) is 0 Å². The second-order valence-electron chi connectivity index (χ2n) is 2.88. The number of carbonyl (C=O) groups is 1. The number of ether oxygens (including phenoxy) is 2. The number of methoxy groups -OCH3 is 1. The van der Waals surface area contributed by atoms with E-state index in [2.05, 4.69) is 0 Å². The van der Waals surface area contributed by atoms with Gasteiger partial charge in [0.2, 0.25) is 0 Å². The second-order valence-corrected chi connectivity index (χ2v) is 2.88. The van der Waals surface area contributed by atoms with Gasteiger partial charge in [0.05, 0.1) is 12.7 Å². The summed E-state index contributed by atoms with van der Waals surface area (Å²) >= 11 is 0. The molecule has 3 nitrogen and oxygen atoms in total. The highest BCUT2D eigenvalue weighted by Gasteiger charge is 2.16. The first-order chi connectivity index (χ1) is 7.20. The van der Waals surface area contributed by atoms with Gasteiger partial charge in [0, 0.05) is 6.61 Å². The average Bonchev–Trinajstić information content (AvgIpc) is 2.25. The molecule has 82 valence electrons. The van der Waals surface area contributed by atoms with Crippen molar-refractivity contribution in [3.8, 4) is 5.75 Å². The maximum Gasteiger partial charge on any atom is 0.195 e. The summed E-state index contributed by atoms with van der Waals surface area (Å²) in [7, 11) is 1.40. The van der Waals surface area contributed by atoms with Crippen molar-refractivity contribution in [3.05, 3.63) is 29.6 Å². The number of carbonyl (C=O) groups excluding carboxylic acids is 1. The molecule has 1 aromatic rings. The van der Waals surface area contributed by atoms with Crippen molar-refractivity contribution >= 4 is 5.78 Å². The molecule has 0 aliphatic carbocycles. The molecular weight excluding hydrogens is 199 g/mol. The Labute approximate surface area is 87.8 Å². The molecule has 0 fully saturated rings. The number of benzene rings is 1. The van der Waals surface area contributed by atoms with E-state index < -0.39 is 11.6 Å². The van der Waals surface area contributed by atoms with Gasteiger partial charge in [-0.25, -0.2) is 4.39 Å². The summed E-state index contributed by atoms with van der Waals surface area (Å²) in [6, 6.07) is 4.26. The van der Waals surface area contributed by atoms with Crippen LogP contribution >= 0.6 is 0 Å². The van der Waals surface area contributed by atoms with Gasteiger partial charge in [-0.3, -0.25) is 4.79 Å². The summed E-state index contributed by atoms with van der Waals surface area (Å²) in [5.74, 6) is -0.759. The Morgan fingerprint density at radius 1 is 1.47 bits per heavy atom. The van der Waals surface area contributed by atoms with E-state index in [1.165, 1.54) is 19.2 Å². The zero-order valence-corrected chi connectivity index (χ0v) is 8.75. The van der Waals surface area contributed by atoms with Crippen LogP contribution in [-0.2, 0) is 4.74 Å². The summed E-state index contributed by atoms with van der Waals surface area (Å²) in [5.41, 5.74) is -0.0477. The fourth-order valence-corrected chi connectivity index (χ4v) is 1.21. The van der Waals surface area contributed by atoms with E-state index in [0.717, 1.165) is 0 Å². The van der Waals surface area contributed by atoms with Crippen LogP contribution in [0.2, 0.25) is 0 Å². The molecular formula is C11H13FO3. The highest BCUT2D eigenvalue weighted by molar-refractivity contribution is 5.99. The molecule has 0 spiro atoms. The van der Waals surface area contributed by atoms with Crippen LogP contribution in [0, 0.1) is 5.82 Å². The summed E-state index contributed by atoms with van der Waals surface area (Å²) in [4.78, 5) is 11.6. The molecule has 0 saturated heterocycles. The Bertz CT molecular complexity index is 350. The first-order valence-corrected chi connectivity index (χ1v) is 4.64. The number of Topliss-reactive ketones (excluding diaryl/α,β-unsaturated/α-hetero) is 1. The van der Waals surface area contributed by atoms with Crippen molar-refractivity contribution in [2.45, 2.75) is 6.92 Å². The highest BCUT2D eigenvalue weighted by Crippen LogP contribution is 2.21. The third kappa shape index (κ3) is 2.76. The van der Waals surface area contributed by atoms with E-state index in [-0.39, 0.29) is 17.9 Å². The lowest BCUT2D eigenvalue weighted by atomic mass is 10.1. The van der Waals surface area contributed by atoms with Gasteiger partial charge in [0.1, 0.15) is 18.2 Å². The van der Waals surface area contributed by atoms with Gasteiger partial charge in [-0.15, -0.1) is 0 Å². The number of ketones is 1. The lowest BCUT2D eigenvalue weighted by Gasteiger charge is -2.08. The maximum atomic E-state index is 13.4. The Kier molecular flexibility index (Phi) is 4.24. The summed E-state index contributed by atoms with van der Waals surface area (Å²) < 4.78 is 23.2. The predicted molar refractivity (Wildman–Crippen MR) is 53.8 cm³/mol. The van der Waals surface area contributed by atoms with E-state index in [1.807, 2.05) is 0 Å². The Morgan fingerprint density at radius 3 is 2.80 bits per heavy atom. The number of hydrogen-bond acceptors (Lipinski definition) is 3. The molecule has 1 aromatic carbocycles. The zero-order chi connectivity index (χ0) is 11.3. The molecule has 0 unspecified atom stereocenters. The molecule has 0 aliphatic rings. The van der Waals surface area contributed by atoms with Crippen LogP contribution < -0.4 is 4.74 Å². The van der Waals surface area contributed by atoms with Crippen molar-refractivity contribution in [1.29, 1.82) is 0 Å². The molecule has 0 radical (unpaired) electrons. The Morgan fingerprint density at radius 2 is 2.20 bits per heavy atom. The fourth-order valence-electron chi connectivity index (χ4n) is 1.21. The van der Waals surface area contributed by atoms with Crippen molar-refractivity contribution in [2.75, 3.05) is 20.3 Å². The molecule has 0 N–H and O–H groups in total. The van der Waals surface area contributed by atoms with Crippen LogP contribution in [-0.4, -0.2) is 26.1 Å². The van der Waals surface area contributed by atoms with E-state index >= 15 is 0 Å². The van der Waals surface area contributed by atoms with Crippen LogP contribution in [0.1, 0.15) is 17.3 Å². The van der Waals surface area contributed by atoms with Gasteiger partial charge in [-0.1, -0.05) is 6.07 Å². The topological polar surface area (TPSA) is 35.5 Å². The predicted octanol–water partition coefficient (Wildman–Crippen LogP) is 2.05. The molecule has 1 rings (SSSR count). The van der Waals surface area contributed by atoms with Crippen molar-refractivity contribution in [1.82, 2.24) is 0 Å². The van der Waals surface area contributed by atoms with Gasteiger partial charge >= 0.3 is 0 Å². The molecule has 0 saturated carbocycles. The number of rotatable bonds is 5. The second kappa shape index (κ2) is 5.46. The van der Waals surface area contributed by atoms with Crippen molar-refractivity contribution in [2.24, 2.45) is 0 Å². The minimum atomic E-state index is -0.584. The first-order valence-electron chi connectivity index (χ1n) is 4.64.